The Morgan fingerprint density at radius 3 is 2.47 bits per heavy atom. The Balaban J connectivity index is 2.96. The maximum atomic E-state index is 6.43. The highest BCUT2D eigenvalue weighted by atomic mass is 35.5. The molecule has 2 nitrogen and oxygen atoms in total. The van der Waals surface area contributed by atoms with Crippen molar-refractivity contribution in [1.82, 2.24) is 5.32 Å². The smallest absolute Gasteiger partial charge is 0.0642 e. The van der Waals surface area contributed by atoms with E-state index in [4.69, 9.17) is 11.6 Å². The van der Waals surface area contributed by atoms with E-state index in [9.17, 15) is 0 Å². The van der Waals surface area contributed by atoms with Crippen LogP contribution < -0.4 is 10.2 Å². The van der Waals surface area contributed by atoms with Crippen molar-refractivity contribution in [2.45, 2.75) is 52.6 Å². The standard InChI is InChI=1S/C16H27ClN2/c1-5-11-18-12-13-9-8-10-15(17)16(13)19(4)14(6-2)7-3/h8-10,14,18H,5-7,11-12H2,1-4H3. The summed E-state index contributed by atoms with van der Waals surface area (Å²) in [6.07, 6.45) is 3.43. The van der Waals surface area contributed by atoms with Crippen LogP contribution in [-0.4, -0.2) is 19.6 Å². The Bertz CT molecular complexity index is 375. The fraction of sp³-hybridized carbons (Fsp3) is 0.625. The van der Waals surface area contributed by atoms with E-state index in [1.165, 1.54) is 11.3 Å². The van der Waals surface area contributed by atoms with E-state index in [2.05, 4.69) is 44.1 Å². The third kappa shape index (κ3) is 4.39. The predicted molar refractivity (Wildman–Crippen MR) is 86.2 cm³/mol. The van der Waals surface area contributed by atoms with Crippen LogP contribution in [-0.2, 0) is 6.54 Å². The van der Waals surface area contributed by atoms with E-state index in [0.717, 1.165) is 37.4 Å². The summed E-state index contributed by atoms with van der Waals surface area (Å²) in [6.45, 7) is 8.57. The first kappa shape index (κ1) is 16.3. The van der Waals surface area contributed by atoms with Gasteiger partial charge in [0.2, 0.25) is 0 Å². The van der Waals surface area contributed by atoms with Crippen LogP contribution in [0.4, 0.5) is 5.69 Å². The van der Waals surface area contributed by atoms with Gasteiger partial charge >= 0.3 is 0 Å². The van der Waals surface area contributed by atoms with Gasteiger partial charge in [-0.2, -0.15) is 0 Å². The van der Waals surface area contributed by atoms with Gasteiger partial charge in [0, 0.05) is 19.6 Å². The van der Waals surface area contributed by atoms with Gasteiger partial charge in [0.25, 0.3) is 0 Å². The van der Waals surface area contributed by atoms with Crippen LogP contribution in [0.5, 0.6) is 0 Å². The van der Waals surface area contributed by atoms with Crippen LogP contribution in [0, 0.1) is 0 Å². The van der Waals surface area contributed by atoms with Gasteiger partial charge in [0.05, 0.1) is 10.7 Å². The molecule has 1 N–H and O–H groups in total. The summed E-state index contributed by atoms with van der Waals surface area (Å²) in [4.78, 5) is 2.34. The normalized spacial score (nSPS) is 11.1. The van der Waals surface area contributed by atoms with Gasteiger partial charge < -0.3 is 10.2 Å². The molecule has 0 aliphatic rings. The monoisotopic (exact) mass is 282 g/mol. The minimum absolute atomic E-state index is 0.546. The lowest BCUT2D eigenvalue weighted by molar-refractivity contribution is 0.587. The average molecular weight is 283 g/mol. The van der Waals surface area contributed by atoms with E-state index >= 15 is 0 Å². The highest BCUT2D eigenvalue weighted by Gasteiger charge is 2.17. The lowest BCUT2D eigenvalue weighted by Crippen LogP contribution is -2.32. The summed E-state index contributed by atoms with van der Waals surface area (Å²) in [5.41, 5.74) is 2.47. The van der Waals surface area contributed by atoms with Gasteiger partial charge in [-0.3, -0.25) is 0 Å². The van der Waals surface area contributed by atoms with Crippen molar-refractivity contribution in [1.29, 1.82) is 0 Å². The van der Waals surface area contributed by atoms with Gasteiger partial charge in [0.1, 0.15) is 0 Å². The molecule has 0 saturated heterocycles. The third-order valence-electron chi connectivity index (χ3n) is 3.66. The van der Waals surface area contributed by atoms with Crippen molar-refractivity contribution >= 4 is 17.3 Å². The van der Waals surface area contributed by atoms with Gasteiger partial charge in [-0.25, -0.2) is 0 Å². The molecule has 0 aliphatic heterocycles. The molecule has 0 aliphatic carbocycles. The van der Waals surface area contributed by atoms with Gasteiger partial charge in [0.15, 0.2) is 0 Å². The largest absolute Gasteiger partial charge is 0.370 e. The van der Waals surface area contributed by atoms with E-state index < -0.39 is 0 Å². The molecule has 1 aromatic rings. The quantitative estimate of drug-likeness (QED) is 0.708. The van der Waals surface area contributed by atoms with Crippen LogP contribution in [0.2, 0.25) is 5.02 Å². The summed E-state index contributed by atoms with van der Waals surface area (Å²) < 4.78 is 0. The van der Waals surface area contributed by atoms with Crippen molar-refractivity contribution in [3.8, 4) is 0 Å². The number of benzene rings is 1. The van der Waals surface area contributed by atoms with Crippen molar-refractivity contribution in [2.24, 2.45) is 0 Å². The number of hydrogen-bond acceptors (Lipinski definition) is 2. The topological polar surface area (TPSA) is 15.3 Å². The molecule has 0 radical (unpaired) electrons. The second-order valence-corrected chi connectivity index (χ2v) is 5.41. The molecule has 0 fully saturated rings. The molecule has 0 saturated carbocycles. The zero-order valence-electron chi connectivity index (χ0n) is 12.7. The van der Waals surface area contributed by atoms with Gasteiger partial charge in [-0.15, -0.1) is 0 Å². The molecule has 19 heavy (non-hydrogen) atoms. The van der Waals surface area contributed by atoms with E-state index in [0.29, 0.717) is 6.04 Å². The fourth-order valence-electron chi connectivity index (χ4n) is 2.52. The van der Waals surface area contributed by atoms with Crippen LogP contribution >= 0.6 is 11.6 Å². The summed E-state index contributed by atoms with van der Waals surface area (Å²) in [5, 5.41) is 4.32. The molecule has 0 atom stereocenters. The lowest BCUT2D eigenvalue weighted by atomic mass is 10.1. The van der Waals surface area contributed by atoms with E-state index in [1.807, 2.05) is 12.1 Å². The summed E-state index contributed by atoms with van der Waals surface area (Å²) in [7, 11) is 2.15. The molecule has 0 aromatic heterocycles. The summed E-state index contributed by atoms with van der Waals surface area (Å²) >= 11 is 6.43. The molecule has 0 bridgehead atoms. The molecule has 0 unspecified atom stereocenters. The van der Waals surface area contributed by atoms with Crippen molar-refractivity contribution < 1.29 is 0 Å². The number of anilines is 1. The minimum atomic E-state index is 0.546. The van der Waals surface area contributed by atoms with Crippen molar-refractivity contribution in [3.63, 3.8) is 0 Å². The summed E-state index contributed by atoms with van der Waals surface area (Å²) in [5.74, 6) is 0. The first-order chi connectivity index (χ1) is 9.15. The number of nitrogens with one attached hydrogen (secondary N) is 1. The lowest BCUT2D eigenvalue weighted by Gasteiger charge is -2.31. The highest BCUT2D eigenvalue weighted by molar-refractivity contribution is 6.33. The van der Waals surface area contributed by atoms with Crippen LogP contribution in [0.15, 0.2) is 18.2 Å². The zero-order valence-corrected chi connectivity index (χ0v) is 13.4. The SMILES string of the molecule is CCCNCc1cccc(Cl)c1N(C)C(CC)CC. The Labute approximate surface area is 123 Å². The molecule has 0 spiro atoms. The Morgan fingerprint density at radius 1 is 1.21 bits per heavy atom. The maximum Gasteiger partial charge on any atom is 0.0642 e. The zero-order chi connectivity index (χ0) is 14.3. The molecular formula is C16H27ClN2. The van der Waals surface area contributed by atoms with E-state index in [1.54, 1.807) is 0 Å². The molecule has 1 rings (SSSR count). The molecule has 0 heterocycles. The number of hydrogen-bond donors (Lipinski definition) is 1. The number of halogens is 1. The molecular weight excluding hydrogens is 256 g/mol. The molecule has 1 aromatic carbocycles. The maximum absolute atomic E-state index is 6.43. The summed E-state index contributed by atoms with van der Waals surface area (Å²) in [6, 6.07) is 6.74. The number of rotatable bonds is 8. The third-order valence-corrected chi connectivity index (χ3v) is 3.96. The number of para-hydroxylation sites is 1. The Morgan fingerprint density at radius 2 is 1.89 bits per heavy atom. The second kappa shape index (κ2) is 8.44. The van der Waals surface area contributed by atoms with Crippen LogP contribution in [0.3, 0.4) is 0 Å². The average Bonchev–Trinajstić information content (AvgIpc) is 2.40. The fourth-order valence-corrected chi connectivity index (χ4v) is 2.84. The Kier molecular flexibility index (Phi) is 7.25. The highest BCUT2D eigenvalue weighted by Crippen LogP contribution is 2.31. The molecule has 0 amide bonds. The number of nitrogens with zero attached hydrogens (tertiary/aromatic N) is 1. The van der Waals surface area contributed by atoms with Crippen LogP contribution in [0.25, 0.3) is 0 Å². The second-order valence-electron chi connectivity index (χ2n) is 5.01. The van der Waals surface area contributed by atoms with Crippen LogP contribution in [0.1, 0.15) is 45.6 Å². The van der Waals surface area contributed by atoms with Gasteiger partial charge in [-0.1, -0.05) is 44.5 Å². The van der Waals surface area contributed by atoms with Crippen molar-refractivity contribution in [2.75, 3.05) is 18.5 Å². The van der Waals surface area contributed by atoms with Crippen molar-refractivity contribution in [3.05, 3.63) is 28.8 Å². The van der Waals surface area contributed by atoms with E-state index in [-0.39, 0.29) is 0 Å². The first-order valence-electron chi connectivity index (χ1n) is 7.36. The Hall–Kier alpha value is -0.730. The molecule has 3 heteroatoms. The first-order valence-corrected chi connectivity index (χ1v) is 7.74. The predicted octanol–water partition coefficient (Wildman–Crippen LogP) is 4.46. The minimum Gasteiger partial charge on any atom is -0.370 e. The van der Waals surface area contributed by atoms with Gasteiger partial charge in [-0.05, 0) is 37.4 Å². The molecule has 108 valence electrons.